The summed E-state index contributed by atoms with van der Waals surface area (Å²) in [4.78, 5) is 23.0. The molecule has 0 bridgehead atoms. The van der Waals surface area contributed by atoms with Crippen LogP contribution in [-0.4, -0.2) is 28.8 Å². The number of nitrogens with two attached hydrogens (primary N) is 1. The molecule has 0 spiro atoms. The fourth-order valence-electron chi connectivity index (χ4n) is 3.12. The van der Waals surface area contributed by atoms with E-state index in [1.54, 1.807) is 0 Å². The van der Waals surface area contributed by atoms with Crippen molar-refractivity contribution in [3.63, 3.8) is 0 Å². The molecule has 1 aromatic heterocycles. The number of piperidine rings is 1. The van der Waals surface area contributed by atoms with Gasteiger partial charge in [-0.3, -0.25) is 4.79 Å². The zero-order chi connectivity index (χ0) is 16.2. The molecule has 0 amide bonds. The molecule has 5 nitrogen and oxygen atoms in total. The third kappa shape index (κ3) is 3.50. The minimum Gasteiger partial charge on any atom is -0.382 e. The monoisotopic (exact) mass is 310 g/mol. The first-order chi connectivity index (χ1) is 11.1. The van der Waals surface area contributed by atoms with E-state index in [1.807, 2.05) is 6.92 Å². The molecule has 120 valence electrons. The number of hydrogen-bond acceptors (Lipinski definition) is 5. The molecular weight excluding hydrogens is 288 g/mol. The number of ketones is 1. The number of anilines is 2. The predicted molar refractivity (Wildman–Crippen MR) is 91.7 cm³/mol. The Kier molecular flexibility index (Phi) is 4.55. The zero-order valence-corrected chi connectivity index (χ0v) is 13.5. The number of benzene rings is 1. The Morgan fingerprint density at radius 3 is 2.65 bits per heavy atom. The SMILES string of the molecule is Cc1ccc(N2CCCCC2)c(CC(=O)c2nccnc2N)c1. The maximum absolute atomic E-state index is 12.6. The van der Waals surface area contributed by atoms with Crippen molar-refractivity contribution in [3.05, 3.63) is 47.4 Å². The summed E-state index contributed by atoms with van der Waals surface area (Å²) in [5, 5.41) is 0. The van der Waals surface area contributed by atoms with Gasteiger partial charge in [-0.15, -0.1) is 0 Å². The van der Waals surface area contributed by atoms with E-state index in [2.05, 4.69) is 33.1 Å². The summed E-state index contributed by atoms with van der Waals surface area (Å²) in [6.45, 7) is 4.15. The summed E-state index contributed by atoms with van der Waals surface area (Å²) in [6.07, 6.45) is 7.00. The Bertz CT molecular complexity index is 708. The van der Waals surface area contributed by atoms with Gasteiger partial charge in [-0.2, -0.15) is 0 Å². The van der Waals surface area contributed by atoms with E-state index in [-0.39, 0.29) is 17.3 Å². The van der Waals surface area contributed by atoms with Crippen molar-refractivity contribution in [3.8, 4) is 0 Å². The van der Waals surface area contributed by atoms with Crippen LogP contribution < -0.4 is 10.6 Å². The van der Waals surface area contributed by atoms with Crippen LogP contribution in [0, 0.1) is 6.92 Å². The van der Waals surface area contributed by atoms with E-state index < -0.39 is 0 Å². The summed E-state index contributed by atoms with van der Waals surface area (Å²) in [5.41, 5.74) is 9.40. The Hall–Kier alpha value is -2.43. The molecule has 1 aliphatic rings. The highest BCUT2D eigenvalue weighted by Crippen LogP contribution is 2.26. The molecule has 0 aliphatic carbocycles. The number of carbonyl (C=O) groups is 1. The maximum Gasteiger partial charge on any atom is 0.189 e. The molecule has 2 aromatic rings. The minimum atomic E-state index is -0.0838. The fraction of sp³-hybridized carbons (Fsp3) is 0.389. The lowest BCUT2D eigenvalue weighted by molar-refractivity contribution is 0.0989. The van der Waals surface area contributed by atoms with Crippen LogP contribution in [0.15, 0.2) is 30.6 Å². The summed E-state index contributed by atoms with van der Waals surface area (Å²) in [5.74, 6) is 0.115. The number of aryl methyl sites for hydroxylation is 1. The van der Waals surface area contributed by atoms with Gasteiger partial charge in [-0.05, 0) is 37.8 Å². The number of nitrogens with zero attached hydrogens (tertiary/aromatic N) is 3. The Labute approximate surface area is 136 Å². The molecule has 1 aromatic carbocycles. The smallest absolute Gasteiger partial charge is 0.189 e. The van der Waals surface area contributed by atoms with Gasteiger partial charge in [0.25, 0.3) is 0 Å². The van der Waals surface area contributed by atoms with Crippen molar-refractivity contribution in [1.82, 2.24) is 9.97 Å². The second-order valence-electron chi connectivity index (χ2n) is 6.07. The third-order valence-corrected chi connectivity index (χ3v) is 4.27. The van der Waals surface area contributed by atoms with Crippen molar-refractivity contribution in [1.29, 1.82) is 0 Å². The van der Waals surface area contributed by atoms with Crippen molar-refractivity contribution < 1.29 is 4.79 Å². The van der Waals surface area contributed by atoms with Crippen LogP contribution in [0.3, 0.4) is 0 Å². The Morgan fingerprint density at radius 1 is 1.17 bits per heavy atom. The number of carbonyl (C=O) groups excluding carboxylic acids is 1. The van der Waals surface area contributed by atoms with Crippen LogP contribution in [0.5, 0.6) is 0 Å². The lowest BCUT2D eigenvalue weighted by Gasteiger charge is -2.30. The molecule has 0 unspecified atom stereocenters. The molecule has 0 saturated carbocycles. The molecule has 0 atom stereocenters. The minimum absolute atomic E-state index is 0.0838. The van der Waals surface area contributed by atoms with E-state index >= 15 is 0 Å². The molecule has 1 fully saturated rings. The van der Waals surface area contributed by atoms with Gasteiger partial charge in [0.05, 0.1) is 0 Å². The molecule has 2 heterocycles. The second-order valence-corrected chi connectivity index (χ2v) is 6.07. The number of Topliss-reactive ketones (excluding diaryl/α,β-unsaturated/α-hetero) is 1. The topological polar surface area (TPSA) is 72.1 Å². The molecule has 5 heteroatoms. The van der Waals surface area contributed by atoms with Crippen LogP contribution in [-0.2, 0) is 6.42 Å². The maximum atomic E-state index is 12.6. The van der Waals surface area contributed by atoms with Crippen LogP contribution in [0.4, 0.5) is 11.5 Å². The fourth-order valence-corrected chi connectivity index (χ4v) is 3.12. The van der Waals surface area contributed by atoms with Crippen LogP contribution >= 0.6 is 0 Å². The number of aromatic nitrogens is 2. The molecular formula is C18H22N4O. The average Bonchev–Trinajstić information content (AvgIpc) is 2.56. The summed E-state index contributed by atoms with van der Waals surface area (Å²) < 4.78 is 0. The van der Waals surface area contributed by atoms with Gasteiger partial charge >= 0.3 is 0 Å². The average molecular weight is 310 g/mol. The van der Waals surface area contributed by atoms with Crippen molar-refractivity contribution in [2.24, 2.45) is 0 Å². The number of hydrogen-bond donors (Lipinski definition) is 1. The van der Waals surface area contributed by atoms with Crippen LogP contribution in [0.25, 0.3) is 0 Å². The van der Waals surface area contributed by atoms with E-state index in [4.69, 9.17) is 5.73 Å². The van der Waals surface area contributed by atoms with Gasteiger partial charge in [-0.25, -0.2) is 9.97 Å². The zero-order valence-electron chi connectivity index (χ0n) is 13.5. The van der Waals surface area contributed by atoms with Gasteiger partial charge in [0.15, 0.2) is 11.6 Å². The standard InChI is InChI=1S/C18H22N4O/c1-13-5-6-15(22-9-3-2-4-10-22)14(11-13)12-16(23)17-18(19)21-8-7-20-17/h5-8,11H,2-4,9-10,12H2,1H3,(H2,19,21). The lowest BCUT2D eigenvalue weighted by atomic mass is 10.00. The molecule has 23 heavy (non-hydrogen) atoms. The molecule has 2 N–H and O–H groups in total. The van der Waals surface area contributed by atoms with Crippen LogP contribution in [0.2, 0.25) is 0 Å². The van der Waals surface area contributed by atoms with Gasteiger partial charge in [0, 0.05) is 37.6 Å². The highest BCUT2D eigenvalue weighted by molar-refractivity contribution is 5.99. The highest BCUT2D eigenvalue weighted by Gasteiger charge is 2.19. The predicted octanol–water partition coefficient (Wildman–Crippen LogP) is 2.78. The van der Waals surface area contributed by atoms with E-state index in [0.29, 0.717) is 6.42 Å². The van der Waals surface area contributed by atoms with E-state index in [0.717, 1.165) is 29.9 Å². The number of rotatable bonds is 4. The van der Waals surface area contributed by atoms with Crippen molar-refractivity contribution in [2.75, 3.05) is 23.7 Å². The Balaban J connectivity index is 1.88. The summed E-state index contributed by atoms with van der Waals surface area (Å²) in [7, 11) is 0. The van der Waals surface area contributed by atoms with Gasteiger partial charge < -0.3 is 10.6 Å². The van der Waals surface area contributed by atoms with Crippen LogP contribution in [0.1, 0.15) is 40.9 Å². The van der Waals surface area contributed by atoms with Gasteiger partial charge in [-0.1, -0.05) is 17.7 Å². The normalized spacial score (nSPS) is 14.7. The largest absolute Gasteiger partial charge is 0.382 e. The summed E-state index contributed by atoms with van der Waals surface area (Å²) >= 11 is 0. The molecule has 0 radical (unpaired) electrons. The summed E-state index contributed by atoms with van der Waals surface area (Å²) in [6, 6.07) is 6.33. The quantitative estimate of drug-likeness (QED) is 0.879. The van der Waals surface area contributed by atoms with Crippen molar-refractivity contribution >= 4 is 17.3 Å². The molecule has 1 aliphatic heterocycles. The first-order valence-corrected chi connectivity index (χ1v) is 8.09. The van der Waals surface area contributed by atoms with Gasteiger partial charge in [0.1, 0.15) is 5.69 Å². The van der Waals surface area contributed by atoms with Crippen molar-refractivity contribution in [2.45, 2.75) is 32.6 Å². The number of nitrogen functional groups attached to an aromatic ring is 1. The third-order valence-electron chi connectivity index (χ3n) is 4.27. The molecule has 3 rings (SSSR count). The first kappa shape index (κ1) is 15.5. The second kappa shape index (κ2) is 6.77. The van der Waals surface area contributed by atoms with Gasteiger partial charge in [0.2, 0.25) is 0 Å². The Morgan fingerprint density at radius 2 is 1.91 bits per heavy atom. The van der Waals surface area contributed by atoms with E-state index in [9.17, 15) is 4.79 Å². The highest BCUT2D eigenvalue weighted by atomic mass is 16.1. The molecule has 1 saturated heterocycles. The lowest BCUT2D eigenvalue weighted by Crippen LogP contribution is -2.30. The van der Waals surface area contributed by atoms with E-state index in [1.165, 1.54) is 31.7 Å². The first-order valence-electron chi connectivity index (χ1n) is 8.09.